The Balaban J connectivity index is 2.32. The maximum Gasteiger partial charge on any atom is 0.166 e. The van der Waals surface area contributed by atoms with Crippen molar-refractivity contribution in [2.45, 2.75) is 33.1 Å². The maximum atomic E-state index is 13.3. The lowest BCUT2D eigenvalue weighted by Gasteiger charge is -2.10. The molecule has 90 valence electrons. The highest BCUT2D eigenvalue weighted by atomic mass is 79.9. The zero-order chi connectivity index (χ0) is 12.0. The van der Waals surface area contributed by atoms with Gasteiger partial charge < -0.3 is 4.74 Å². The van der Waals surface area contributed by atoms with E-state index in [4.69, 9.17) is 4.74 Å². The van der Waals surface area contributed by atoms with Gasteiger partial charge in [-0.1, -0.05) is 36.2 Å². The van der Waals surface area contributed by atoms with Crippen molar-refractivity contribution in [1.82, 2.24) is 0 Å². The quantitative estimate of drug-likeness (QED) is 0.684. The van der Waals surface area contributed by atoms with Crippen molar-refractivity contribution < 1.29 is 9.13 Å². The van der Waals surface area contributed by atoms with E-state index in [1.54, 1.807) is 12.1 Å². The van der Waals surface area contributed by atoms with E-state index in [1.165, 1.54) is 12.5 Å². The minimum absolute atomic E-state index is 0.307. The van der Waals surface area contributed by atoms with Crippen LogP contribution in [0.3, 0.4) is 0 Å². The fourth-order valence-corrected chi connectivity index (χ4v) is 1.74. The Hall–Kier alpha value is -0.570. The Bertz CT molecular complexity index is 328. The smallest absolute Gasteiger partial charge is 0.166 e. The average molecular weight is 289 g/mol. The predicted octanol–water partition coefficient (Wildman–Crippen LogP) is 4.79. The highest BCUT2D eigenvalue weighted by Gasteiger charge is 2.04. The molecule has 16 heavy (non-hydrogen) atoms. The third-order valence-corrected chi connectivity index (χ3v) is 3.18. The first kappa shape index (κ1) is 13.5. The summed E-state index contributed by atoms with van der Waals surface area (Å²) < 4.78 is 19.5. The van der Waals surface area contributed by atoms with Crippen LogP contribution in [-0.4, -0.2) is 6.61 Å². The van der Waals surface area contributed by atoms with E-state index in [0.717, 1.165) is 23.2 Å². The molecule has 0 saturated carbocycles. The Morgan fingerprint density at radius 1 is 1.44 bits per heavy atom. The standard InChI is InChI=1S/C13H18BrFO/c1-3-10(2)5-4-8-16-13-7-6-11(14)9-12(13)15/h6-7,9-10H,3-5,8H2,1-2H3/t10-/m0/s1. The van der Waals surface area contributed by atoms with Gasteiger partial charge in [-0.25, -0.2) is 4.39 Å². The summed E-state index contributed by atoms with van der Waals surface area (Å²) in [5.74, 6) is 0.753. The lowest BCUT2D eigenvalue weighted by Crippen LogP contribution is -2.02. The molecule has 1 nitrogen and oxygen atoms in total. The summed E-state index contributed by atoms with van der Waals surface area (Å²) in [5, 5.41) is 0. The Kier molecular flexibility index (Phi) is 5.81. The molecular formula is C13H18BrFO. The van der Waals surface area contributed by atoms with Crippen LogP contribution in [0.25, 0.3) is 0 Å². The van der Waals surface area contributed by atoms with Crippen LogP contribution in [0.5, 0.6) is 5.75 Å². The van der Waals surface area contributed by atoms with Gasteiger partial charge in [-0.15, -0.1) is 0 Å². The summed E-state index contributed by atoms with van der Waals surface area (Å²) in [7, 11) is 0. The van der Waals surface area contributed by atoms with Crippen LogP contribution in [0, 0.1) is 11.7 Å². The van der Waals surface area contributed by atoms with Crippen molar-refractivity contribution in [3.05, 3.63) is 28.5 Å². The number of halogens is 2. The number of hydrogen-bond acceptors (Lipinski definition) is 1. The highest BCUT2D eigenvalue weighted by molar-refractivity contribution is 9.10. The largest absolute Gasteiger partial charge is 0.491 e. The number of hydrogen-bond donors (Lipinski definition) is 0. The molecule has 1 rings (SSSR count). The lowest BCUT2D eigenvalue weighted by atomic mass is 10.0. The molecule has 1 atom stereocenters. The van der Waals surface area contributed by atoms with Crippen LogP contribution in [0.1, 0.15) is 33.1 Å². The number of rotatable bonds is 6. The van der Waals surface area contributed by atoms with Gasteiger partial charge in [-0.3, -0.25) is 0 Å². The lowest BCUT2D eigenvalue weighted by molar-refractivity contribution is 0.281. The molecule has 0 aliphatic heterocycles. The zero-order valence-electron chi connectivity index (χ0n) is 9.80. The van der Waals surface area contributed by atoms with Gasteiger partial charge in [0, 0.05) is 4.47 Å². The van der Waals surface area contributed by atoms with Crippen LogP contribution in [0.15, 0.2) is 22.7 Å². The molecule has 1 aromatic rings. The molecule has 0 N–H and O–H groups in total. The minimum atomic E-state index is -0.307. The van der Waals surface area contributed by atoms with Gasteiger partial charge in [-0.05, 0) is 37.0 Å². The molecule has 0 amide bonds. The van der Waals surface area contributed by atoms with E-state index in [0.29, 0.717) is 12.4 Å². The summed E-state index contributed by atoms with van der Waals surface area (Å²) in [6.07, 6.45) is 3.30. The average Bonchev–Trinajstić information content (AvgIpc) is 2.26. The van der Waals surface area contributed by atoms with E-state index >= 15 is 0 Å². The first-order valence-corrected chi connectivity index (χ1v) is 6.50. The minimum Gasteiger partial charge on any atom is -0.491 e. The molecular weight excluding hydrogens is 271 g/mol. The van der Waals surface area contributed by atoms with Crippen molar-refractivity contribution in [3.8, 4) is 5.75 Å². The third-order valence-electron chi connectivity index (χ3n) is 2.69. The van der Waals surface area contributed by atoms with Crippen LogP contribution in [-0.2, 0) is 0 Å². The zero-order valence-corrected chi connectivity index (χ0v) is 11.4. The molecule has 0 aliphatic carbocycles. The molecule has 0 saturated heterocycles. The van der Waals surface area contributed by atoms with Gasteiger partial charge in [0.2, 0.25) is 0 Å². The summed E-state index contributed by atoms with van der Waals surface area (Å²) in [6.45, 7) is 4.99. The number of ether oxygens (including phenoxy) is 1. The highest BCUT2D eigenvalue weighted by Crippen LogP contribution is 2.21. The SMILES string of the molecule is CC[C@H](C)CCCOc1ccc(Br)cc1F. The first-order chi connectivity index (χ1) is 7.63. The van der Waals surface area contributed by atoms with E-state index in [9.17, 15) is 4.39 Å². The fraction of sp³-hybridized carbons (Fsp3) is 0.538. The second-order valence-corrected chi connectivity index (χ2v) is 4.99. The molecule has 0 aromatic heterocycles. The van der Waals surface area contributed by atoms with Crippen molar-refractivity contribution >= 4 is 15.9 Å². The summed E-state index contributed by atoms with van der Waals surface area (Å²) in [6, 6.07) is 4.86. The second kappa shape index (κ2) is 6.89. The topological polar surface area (TPSA) is 9.23 Å². The van der Waals surface area contributed by atoms with E-state index in [-0.39, 0.29) is 5.82 Å². The summed E-state index contributed by atoms with van der Waals surface area (Å²) in [5.41, 5.74) is 0. The molecule has 0 aliphatic rings. The summed E-state index contributed by atoms with van der Waals surface area (Å²) in [4.78, 5) is 0. The van der Waals surface area contributed by atoms with Gasteiger partial charge in [0.15, 0.2) is 11.6 Å². The van der Waals surface area contributed by atoms with E-state index < -0.39 is 0 Å². The van der Waals surface area contributed by atoms with Gasteiger partial charge in [0.05, 0.1) is 6.61 Å². The van der Waals surface area contributed by atoms with Gasteiger partial charge >= 0.3 is 0 Å². The van der Waals surface area contributed by atoms with Crippen molar-refractivity contribution in [2.75, 3.05) is 6.61 Å². The monoisotopic (exact) mass is 288 g/mol. The summed E-state index contributed by atoms with van der Waals surface area (Å²) >= 11 is 3.21. The second-order valence-electron chi connectivity index (χ2n) is 4.08. The predicted molar refractivity (Wildman–Crippen MR) is 68.3 cm³/mol. The van der Waals surface area contributed by atoms with Crippen LogP contribution in [0.4, 0.5) is 4.39 Å². The van der Waals surface area contributed by atoms with Crippen molar-refractivity contribution in [3.63, 3.8) is 0 Å². The Labute approximate surface area is 105 Å². The van der Waals surface area contributed by atoms with Crippen LogP contribution < -0.4 is 4.74 Å². The molecule has 0 fully saturated rings. The van der Waals surface area contributed by atoms with Gasteiger partial charge in [-0.2, -0.15) is 0 Å². The Morgan fingerprint density at radius 3 is 2.81 bits per heavy atom. The fourth-order valence-electron chi connectivity index (χ4n) is 1.41. The normalized spacial score (nSPS) is 12.5. The first-order valence-electron chi connectivity index (χ1n) is 5.71. The molecule has 0 spiro atoms. The van der Waals surface area contributed by atoms with Gasteiger partial charge in [0.25, 0.3) is 0 Å². The molecule has 1 aromatic carbocycles. The molecule has 0 heterocycles. The van der Waals surface area contributed by atoms with Gasteiger partial charge in [0.1, 0.15) is 0 Å². The molecule has 0 radical (unpaired) electrons. The molecule has 3 heteroatoms. The van der Waals surface area contributed by atoms with Crippen molar-refractivity contribution in [1.29, 1.82) is 0 Å². The third kappa shape index (κ3) is 4.52. The van der Waals surface area contributed by atoms with E-state index in [1.807, 2.05) is 0 Å². The molecule has 0 bridgehead atoms. The Morgan fingerprint density at radius 2 is 2.19 bits per heavy atom. The molecule has 0 unspecified atom stereocenters. The van der Waals surface area contributed by atoms with Crippen LogP contribution in [0.2, 0.25) is 0 Å². The maximum absolute atomic E-state index is 13.3. The number of benzene rings is 1. The van der Waals surface area contributed by atoms with Crippen LogP contribution >= 0.6 is 15.9 Å². The van der Waals surface area contributed by atoms with Crippen molar-refractivity contribution in [2.24, 2.45) is 5.92 Å². The van der Waals surface area contributed by atoms with E-state index in [2.05, 4.69) is 29.8 Å².